The first-order valence-corrected chi connectivity index (χ1v) is 5.20. The molecule has 80 valence electrons. The van der Waals surface area contributed by atoms with Crippen molar-refractivity contribution in [2.75, 3.05) is 6.61 Å². The fourth-order valence-corrected chi connectivity index (χ4v) is 1.36. The van der Waals surface area contributed by atoms with E-state index in [0.29, 0.717) is 12.3 Å². The van der Waals surface area contributed by atoms with E-state index in [-0.39, 0.29) is 11.5 Å². The highest BCUT2D eigenvalue weighted by Crippen LogP contribution is 2.14. The van der Waals surface area contributed by atoms with Crippen molar-refractivity contribution in [3.05, 3.63) is 11.8 Å². The van der Waals surface area contributed by atoms with Crippen LogP contribution in [0.2, 0.25) is 0 Å². The van der Waals surface area contributed by atoms with Gasteiger partial charge in [-0.2, -0.15) is 0 Å². The van der Waals surface area contributed by atoms with Crippen LogP contribution in [-0.4, -0.2) is 18.1 Å². The predicted molar refractivity (Wildman–Crippen MR) is 55.8 cm³/mol. The molecule has 1 aliphatic heterocycles. The molecule has 1 rings (SSSR count). The molecule has 0 aromatic heterocycles. The first-order chi connectivity index (χ1) is 6.55. The quantitative estimate of drug-likeness (QED) is 0.427. The molecule has 3 nitrogen and oxygen atoms in total. The molecule has 1 heterocycles. The van der Waals surface area contributed by atoms with E-state index in [1.165, 1.54) is 0 Å². The molecule has 0 bridgehead atoms. The van der Waals surface area contributed by atoms with E-state index in [4.69, 9.17) is 4.74 Å². The lowest BCUT2D eigenvalue weighted by molar-refractivity contribution is -0.145. The van der Waals surface area contributed by atoms with Gasteiger partial charge in [0.15, 0.2) is 0 Å². The lowest BCUT2D eigenvalue weighted by atomic mass is 10.0. The minimum Gasteiger partial charge on any atom is -0.459 e. The number of esters is 1. The molecule has 0 amide bonds. The van der Waals surface area contributed by atoms with Gasteiger partial charge in [-0.3, -0.25) is 0 Å². The molecule has 0 aromatic carbocycles. The minimum atomic E-state index is -0.222. The Morgan fingerprint density at radius 2 is 2.29 bits per heavy atom. The van der Waals surface area contributed by atoms with Crippen LogP contribution in [0.4, 0.5) is 0 Å². The third-order valence-electron chi connectivity index (χ3n) is 2.16. The zero-order valence-electron chi connectivity index (χ0n) is 9.22. The molecular weight excluding hydrogens is 178 g/mol. The highest BCUT2D eigenvalue weighted by Gasteiger charge is 2.29. The van der Waals surface area contributed by atoms with Crippen LogP contribution in [-0.2, 0) is 9.53 Å². The highest BCUT2D eigenvalue weighted by atomic mass is 16.5. The van der Waals surface area contributed by atoms with Gasteiger partial charge in [-0.15, -0.1) is 0 Å². The van der Waals surface area contributed by atoms with Crippen molar-refractivity contribution in [3.63, 3.8) is 0 Å². The summed E-state index contributed by atoms with van der Waals surface area (Å²) in [5, 5.41) is 3.19. The number of cyclic esters (lactones) is 1. The predicted octanol–water partition coefficient (Wildman–Crippen LogP) is 1.99. The number of hydrogen-bond donors (Lipinski definition) is 1. The number of morpholine rings is 1. The van der Waals surface area contributed by atoms with E-state index >= 15 is 0 Å². The molecule has 0 saturated carbocycles. The first kappa shape index (κ1) is 11.1. The molecule has 0 aromatic rings. The Hall–Kier alpha value is -0.990. The lowest BCUT2D eigenvalue weighted by Crippen LogP contribution is -2.50. The molecule has 0 aliphatic carbocycles. The van der Waals surface area contributed by atoms with Crippen molar-refractivity contribution >= 4 is 5.97 Å². The number of unbranched alkanes of at least 4 members (excludes halogenated alkanes) is 2. The Balaban J connectivity index is 2.56. The Morgan fingerprint density at radius 1 is 1.57 bits per heavy atom. The van der Waals surface area contributed by atoms with Gasteiger partial charge < -0.3 is 10.1 Å². The summed E-state index contributed by atoms with van der Waals surface area (Å²) in [7, 11) is 0. The smallest absolute Gasteiger partial charge is 0.354 e. The second-order valence-corrected chi connectivity index (χ2v) is 4.35. The second-order valence-electron chi connectivity index (χ2n) is 4.35. The zero-order valence-corrected chi connectivity index (χ0v) is 9.22. The molecule has 1 aliphatic rings. The fourth-order valence-electron chi connectivity index (χ4n) is 1.36. The van der Waals surface area contributed by atoms with Crippen LogP contribution in [0.15, 0.2) is 11.8 Å². The Labute approximate surface area is 85.5 Å². The van der Waals surface area contributed by atoms with Crippen molar-refractivity contribution in [1.29, 1.82) is 0 Å². The minimum absolute atomic E-state index is 0.133. The normalized spacial score (nSPS) is 23.1. The van der Waals surface area contributed by atoms with E-state index in [1.807, 2.05) is 19.9 Å². The molecule has 3 heteroatoms. The molecule has 0 radical (unpaired) electrons. The van der Waals surface area contributed by atoms with Crippen molar-refractivity contribution < 1.29 is 9.53 Å². The van der Waals surface area contributed by atoms with Crippen LogP contribution >= 0.6 is 0 Å². The van der Waals surface area contributed by atoms with Crippen molar-refractivity contribution in [3.8, 4) is 0 Å². The van der Waals surface area contributed by atoms with Crippen molar-refractivity contribution in [1.82, 2.24) is 5.32 Å². The Bertz CT molecular complexity index is 244. The summed E-state index contributed by atoms with van der Waals surface area (Å²) in [5.41, 5.74) is 0.487. The molecule has 0 atom stereocenters. The van der Waals surface area contributed by atoms with E-state index in [1.54, 1.807) is 0 Å². The average molecular weight is 197 g/mol. The summed E-state index contributed by atoms with van der Waals surface area (Å²) in [5.74, 6) is -0.222. The van der Waals surface area contributed by atoms with Crippen molar-refractivity contribution in [2.24, 2.45) is 0 Å². The van der Waals surface area contributed by atoms with E-state index < -0.39 is 0 Å². The van der Waals surface area contributed by atoms with Gasteiger partial charge >= 0.3 is 5.97 Å². The van der Waals surface area contributed by atoms with Crippen LogP contribution in [0.3, 0.4) is 0 Å². The summed E-state index contributed by atoms with van der Waals surface area (Å²) in [6.07, 6.45) is 5.12. The summed E-state index contributed by atoms with van der Waals surface area (Å²) < 4.78 is 5.07. The number of rotatable bonds is 3. The highest BCUT2D eigenvalue weighted by molar-refractivity contribution is 5.88. The van der Waals surface area contributed by atoms with Gasteiger partial charge in [0.2, 0.25) is 0 Å². The molecule has 1 fully saturated rings. The van der Waals surface area contributed by atoms with Gasteiger partial charge in [0, 0.05) is 0 Å². The molecule has 0 spiro atoms. The third-order valence-corrected chi connectivity index (χ3v) is 2.16. The maximum Gasteiger partial charge on any atom is 0.354 e. The number of nitrogens with one attached hydrogen (secondary N) is 1. The Kier molecular flexibility index (Phi) is 3.55. The monoisotopic (exact) mass is 197 g/mol. The molecule has 14 heavy (non-hydrogen) atoms. The van der Waals surface area contributed by atoms with Gasteiger partial charge in [0.1, 0.15) is 12.3 Å². The standard InChI is InChI=1S/C11H19NO2/c1-4-5-6-7-9-10(13)14-8-11(2,3)12-9/h7,12H,4-6,8H2,1-3H3. The number of carbonyl (C=O) groups is 1. The topological polar surface area (TPSA) is 38.3 Å². The maximum atomic E-state index is 11.3. The zero-order chi connectivity index (χ0) is 10.6. The van der Waals surface area contributed by atoms with Gasteiger partial charge in [-0.25, -0.2) is 4.79 Å². The molecule has 1 saturated heterocycles. The van der Waals surface area contributed by atoms with Crippen LogP contribution < -0.4 is 5.32 Å². The summed E-state index contributed by atoms with van der Waals surface area (Å²) in [4.78, 5) is 11.3. The van der Waals surface area contributed by atoms with Gasteiger partial charge in [0.05, 0.1) is 5.54 Å². The second kappa shape index (κ2) is 4.49. The summed E-state index contributed by atoms with van der Waals surface area (Å²) >= 11 is 0. The van der Waals surface area contributed by atoms with E-state index in [9.17, 15) is 4.79 Å². The van der Waals surface area contributed by atoms with Gasteiger partial charge in [0.25, 0.3) is 0 Å². The largest absolute Gasteiger partial charge is 0.459 e. The molecular formula is C11H19NO2. The van der Waals surface area contributed by atoms with Crippen LogP contribution in [0.5, 0.6) is 0 Å². The van der Waals surface area contributed by atoms with E-state index in [2.05, 4.69) is 12.2 Å². The van der Waals surface area contributed by atoms with Gasteiger partial charge in [-0.1, -0.05) is 19.4 Å². The molecule has 0 unspecified atom stereocenters. The van der Waals surface area contributed by atoms with Crippen LogP contribution in [0, 0.1) is 0 Å². The SMILES string of the molecule is CCCCC=C1NC(C)(C)COC1=O. The Morgan fingerprint density at radius 3 is 2.93 bits per heavy atom. The number of ether oxygens (including phenoxy) is 1. The van der Waals surface area contributed by atoms with E-state index in [0.717, 1.165) is 19.3 Å². The maximum absolute atomic E-state index is 11.3. The van der Waals surface area contributed by atoms with Crippen LogP contribution in [0.25, 0.3) is 0 Å². The number of allylic oxidation sites excluding steroid dienone is 1. The molecule has 1 N–H and O–H groups in total. The van der Waals surface area contributed by atoms with Crippen molar-refractivity contribution in [2.45, 2.75) is 45.6 Å². The summed E-state index contributed by atoms with van der Waals surface area (Å²) in [6, 6.07) is 0. The third kappa shape index (κ3) is 3.05. The number of carbonyl (C=O) groups excluding carboxylic acids is 1. The summed E-state index contributed by atoms with van der Waals surface area (Å²) in [6.45, 7) is 6.62. The fraction of sp³-hybridized carbons (Fsp3) is 0.727. The average Bonchev–Trinajstić information content (AvgIpc) is 2.11. The van der Waals surface area contributed by atoms with Gasteiger partial charge in [-0.05, 0) is 26.7 Å². The first-order valence-electron chi connectivity index (χ1n) is 5.20. The lowest BCUT2D eigenvalue weighted by Gasteiger charge is -2.32. The van der Waals surface area contributed by atoms with Crippen LogP contribution in [0.1, 0.15) is 40.0 Å². The number of hydrogen-bond acceptors (Lipinski definition) is 3.